The number of rotatable bonds is 5. The van der Waals surface area contributed by atoms with Crippen LogP contribution in [0.25, 0.3) is 112 Å². The fourth-order valence-electron chi connectivity index (χ4n) is 8.82. The summed E-state index contributed by atoms with van der Waals surface area (Å²) in [6, 6.07) is 54.7. The highest BCUT2D eigenvalue weighted by Gasteiger charge is 2.24. The van der Waals surface area contributed by atoms with Crippen LogP contribution in [0.4, 0.5) is 0 Å². The van der Waals surface area contributed by atoms with E-state index in [1.807, 2.05) is 42.5 Å². The number of hydrogen-bond donors (Lipinski definition) is 0. The molecule has 0 N–H and O–H groups in total. The third kappa shape index (κ3) is 4.87. The molecule has 57 heavy (non-hydrogen) atoms. The van der Waals surface area contributed by atoms with Crippen molar-refractivity contribution in [1.29, 1.82) is 0 Å². The topological polar surface area (TPSA) is 69.9 Å². The molecular formula is C51H32N4O2. The minimum absolute atomic E-state index is 0.534. The van der Waals surface area contributed by atoms with Gasteiger partial charge in [-0.25, -0.2) is 15.0 Å². The highest BCUT2D eigenvalue weighted by molar-refractivity contribution is 6.20. The van der Waals surface area contributed by atoms with E-state index in [4.69, 9.17) is 23.8 Å². The average molecular weight is 733 g/mol. The summed E-state index contributed by atoms with van der Waals surface area (Å²) >= 11 is 0. The van der Waals surface area contributed by atoms with E-state index < -0.39 is 0 Å². The Balaban J connectivity index is 1.09. The zero-order valence-corrected chi connectivity index (χ0v) is 30.7. The predicted octanol–water partition coefficient (Wildman–Crippen LogP) is 13.2. The molecule has 0 aliphatic heterocycles. The molecule has 0 atom stereocenters. The Bertz CT molecular complexity index is 3410. The fourth-order valence-corrected chi connectivity index (χ4v) is 8.82. The molecule has 0 saturated heterocycles. The smallest absolute Gasteiger partial charge is 0.167 e. The fraction of sp³-hybridized carbons (Fsp3) is 0.0392. The van der Waals surface area contributed by atoms with E-state index in [1.165, 1.54) is 16.3 Å². The average Bonchev–Trinajstić information content (AvgIpc) is 3.97. The van der Waals surface area contributed by atoms with E-state index in [0.29, 0.717) is 17.5 Å². The Kier molecular flexibility index (Phi) is 6.95. The zero-order valence-electron chi connectivity index (χ0n) is 30.7. The van der Waals surface area contributed by atoms with Crippen LogP contribution in [-0.2, 0) is 6.42 Å². The van der Waals surface area contributed by atoms with Crippen molar-refractivity contribution in [2.45, 2.75) is 12.8 Å². The second-order valence-electron chi connectivity index (χ2n) is 14.6. The van der Waals surface area contributed by atoms with E-state index in [2.05, 4.69) is 132 Å². The first kappa shape index (κ1) is 31.7. The van der Waals surface area contributed by atoms with Crippen molar-refractivity contribution in [1.82, 2.24) is 19.5 Å². The molecular weight excluding hydrogens is 701 g/mol. The monoisotopic (exact) mass is 732 g/mol. The highest BCUT2D eigenvalue weighted by atomic mass is 16.3. The number of benzene rings is 7. The summed E-state index contributed by atoms with van der Waals surface area (Å²) < 4.78 is 15.9. The van der Waals surface area contributed by atoms with Crippen LogP contribution in [-0.4, -0.2) is 19.5 Å². The maximum Gasteiger partial charge on any atom is 0.167 e. The first-order valence-corrected chi connectivity index (χ1v) is 19.3. The van der Waals surface area contributed by atoms with Gasteiger partial charge in [0.2, 0.25) is 0 Å². The van der Waals surface area contributed by atoms with Crippen molar-refractivity contribution in [2.75, 3.05) is 0 Å². The Labute approximate surface area is 327 Å². The summed E-state index contributed by atoms with van der Waals surface area (Å²) in [6.07, 6.45) is 6.19. The maximum absolute atomic E-state index is 7.06. The minimum atomic E-state index is 0.534. The lowest BCUT2D eigenvalue weighted by molar-refractivity contribution is 0.596. The Morgan fingerprint density at radius 1 is 0.439 bits per heavy atom. The molecule has 1 aliphatic rings. The molecule has 0 radical (unpaired) electrons. The van der Waals surface area contributed by atoms with Crippen LogP contribution >= 0.6 is 0 Å². The van der Waals surface area contributed by atoms with Crippen LogP contribution in [0, 0.1) is 0 Å². The normalized spacial score (nSPS) is 12.7. The molecule has 0 amide bonds. The van der Waals surface area contributed by atoms with Crippen molar-refractivity contribution in [2.24, 2.45) is 0 Å². The molecule has 0 fully saturated rings. The molecule has 7 aromatic carbocycles. The number of aryl methyl sites for hydroxylation is 1. The van der Waals surface area contributed by atoms with Crippen LogP contribution in [0.15, 0.2) is 173 Å². The number of allylic oxidation sites excluding steroid dienone is 1. The van der Waals surface area contributed by atoms with Gasteiger partial charge in [-0.15, -0.1) is 0 Å². The number of furan rings is 2. The molecule has 0 bridgehead atoms. The zero-order chi connectivity index (χ0) is 37.5. The maximum atomic E-state index is 7.06. The number of hydrogen-bond acceptors (Lipinski definition) is 5. The van der Waals surface area contributed by atoms with Gasteiger partial charge in [-0.3, -0.25) is 0 Å². The van der Waals surface area contributed by atoms with Crippen LogP contribution < -0.4 is 0 Å². The summed E-state index contributed by atoms with van der Waals surface area (Å²) in [5.41, 5.74) is 11.7. The van der Waals surface area contributed by atoms with Gasteiger partial charge in [0.25, 0.3) is 0 Å². The van der Waals surface area contributed by atoms with Crippen molar-refractivity contribution < 1.29 is 8.83 Å². The number of fused-ring (bicyclic) bond motifs is 9. The summed E-state index contributed by atoms with van der Waals surface area (Å²) in [5.74, 6) is 2.57. The second-order valence-corrected chi connectivity index (χ2v) is 14.6. The Hall–Kier alpha value is -7.57. The first-order chi connectivity index (χ1) is 28.3. The van der Waals surface area contributed by atoms with Gasteiger partial charge >= 0.3 is 0 Å². The van der Waals surface area contributed by atoms with Crippen LogP contribution in [0.3, 0.4) is 0 Å². The van der Waals surface area contributed by atoms with Gasteiger partial charge in [-0.2, -0.15) is 0 Å². The molecule has 11 aromatic rings. The highest BCUT2D eigenvalue weighted by Crippen LogP contribution is 2.44. The van der Waals surface area contributed by atoms with Crippen LogP contribution in [0.2, 0.25) is 0 Å². The lowest BCUT2D eigenvalue weighted by Crippen LogP contribution is -2.00. The summed E-state index contributed by atoms with van der Waals surface area (Å²) in [7, 11) is 0. The minimum Gasteiger partial charge on any atom is -0.456 e. The molecule has 12 rings (SSSR count). The summed E-state index contributed by atoms with van der Waals surface area (Å²) in [5, 5.41) is 5.51. The van der Waals surface area contributed by atoms with E-state index in [9.17, 15) is 0 Å². The second kappa shape index (κ2) is 12.5. The molecule has 6 heteroatoms. The molecule has 6 nitrogen and oxygen atoms in total. The molecule has 1 aliphatic carbocycles. The Morgan fingerprint density at radius 2 is 1.00 bits per heavy atom. The van der Waals surface area contributed by atoms with Gasteiger partial charge in [-0.1, -0.05) is 127 Å². The lowest BCUT2D eigenvalue weighted by Gasteiger charge is -2.09. The van der Waals surface area contributed by atoms with E-state index >= 15 is 0 Å². The summed E-state index contributed by atoms with van der Waals surface area (Å²) in [6.45, 7) is 0. The quantitative estimate of drug-likeness (QED) is 0.176. The van der Waals surface area contributed by atoms with Crippen LogP contribution in [0.1, 0.15) is 17.7 Å². The third-order valence-electron chi connectivity index (χ3n) is 11.4. The van der Waals surface area contributed by atoms with Crippen LogP contribution in [0.5, 0.6) is 0 Å². The molecule has 0 saturated carbocycles. The van der Waals surface area contributed by atoms with Gasteiger partial charge in [0.05, 0.1) is 22.2 Å². The molecule has 4 aromatic heterocycles. The van der Waals surface area contributed by atoms with Crippen molar-refractivity contribution >= 4 is 60.8 Å². The van der Waals surface area contributed by atoms with E-state index in [0.717, 1.165) is 96.0 Å². The molecule has 268 valence electrons. The number of nitrogens with zero attached hydrogens (tertiary/aromatic N) is 4. The predicted molar refractivity (Wildman–Crippen MR) is 230 cm³/mol. The first-order valence-electron chi connectivity index (χ1n) is 19.3. The standard InChI is InChI=1S/C51H32N4O2/c1-3-15-31(16-4-1)49-52-50(40-26-12-22-35-33-19-8-10-30-44(33)56-47(35)40)54-51(53-49)41-27-13-25-38-37-24-11-23-36(46(37)57-48(38)41)34-21-14-29-43-45(34)39-20-7-9-28-42(39)55(43)32-17-5-2-6-18-32/h1-7,9-18,20-30H,8,19H2. The van der Waals surface area contributed by atoms with E-state index in [-0.39, 0.29) is 0 Å². The van der Waals surface area contributed by atoms with Crippen molar-refractivity contribution in [3.8, 4) is 51.0 Å². The lowest BCUT2D eigenvalue weighted by atomic mass is 9.97. The largest absolute Gasteiger partial charge is 0.456 e. The van der Waals surface area contributed by atoms with Gasteiger partial charge in [0.1, 0.15) is 22.5 Å². The van der Waals surface area contributed by atoms with Gasteiger partial charge in [0, 0.05) is 49.3 Å². The van der Waals surface area contributed by atoms with Gasteiger partial charge < -0.3 is 13.4 Å². The van der Waals surface area contributed by atoms with Gasteiger partial charge in [-0.05, 0) is 60.9 Å². The van der Waals surface area contributed by atoms with Gasteiger partial charge in [0.15, 0.2) is 17.5 Å². The van der Waals surface area contributed by atoms with Crippen molar-refractivity contribution in [3.63, 3.8) is 0 Å². The third-order valence-corrected chi connectivity index (χ3v) is 11.4. The summed E-state index contributed by atoms with van der Waals surface area (Å²) in [4.78, 5) is 15.4. The Morgan fingerprint density at radius 3 is 1.77 bits per heavy atom. The molecule has 4 heterocycles. The number of para-hydroxylation sites is 5. The molecule has 0 unspecified atom stereocenters. The van der Waals surface area contributed by atoms with Crippen molar-refractivity contribution in [3.05, 3.63) is 175 Å². The molecule has 0 spiro atoms. The number of aromatic nitrogens is 4. The van der Waals surface area contributed by atoms with E-state index in [1.54, 1.807) is 0 Å². The SMILES string of the molecule is C1=Cc2oc3c(-c4nc(-c5ccccc5)nc(-c5cccc6c5oc5c(-c7cccc8c7c7ccccc7n8-c7ccccc7)cccc56)n4)cccc3c2CC1.